The monoisotopic (exact) mass is 372 g/mol. The zero-order valence-corrected chi connectivity index (χ0v) is 15.7. The van der Waals surface area contributed by atoms with Gasteiger partial charge in [-0.15, -0.1) is 11.3 Å². The van der Waals surface area contributed by atoms with Crippen LogP contribution in [-0.4, -0.2) is 14.8 Å². The van der Waals surface area contributed by atoms with Crippen LogP contribution in [0.2, 0.25) is 0 Å². The summed E-state index contributed by atoms with van der Waals surface area (Å²) >= 11 is 1.82. The second-order valence-electron chi connectivity index (χ2n) is 6.81. The molecule has 4 nitrogen and oxygen atoms in total. The average molecular weight is 372 g/mol. The zero-order chi connectivity index (χ0) is 18.1. The van der Waals surface area contributed by atoms with Crippen molar-refractivity contribution in [2.45, 2.75) is 25.0 Å². The Morgan fingerprint density at radius 3 is 2.41 bits per heavy atom. The number of nitrogens with zero attached hydrogens (tertiary/aromatic N) is 4. The summed E-state index contributed by atoms with van der Waals surface area (Å²) in [6.07, 6.45) is 2.66. The number of anilines is 1. The van der Waals surface area contributed by atoms with Gasteiger partial charge in [0.05, 0.1) is 12.1 Å². The maximum atomic E-state index is 4.65. The molecule has 27 heavy (non-hydrogen) atoms. The van der Waals surface area contributed by atoms with Crippen molar-refractivity contribution in [3.63, 3.8) is 0 Å². The largest absolute Gasteiger partial charge is 0.329 e. The highest BCUT2D eigenvalue weighted by Crippen LogP contribution is 2.43. The van der Waals surface area contributed by atoms with Gasteiger partial charge in [-0.05, 0) is 29.0 Å². The number of benzene rings is 2. The van der Waals surface area contributed by atoms with E-state index < -0.39 is 0 Å². The number of rotatable bonds is 4. The molecule has 3 heterocycles. The standard InChI is InChI=1S/C22H20N4S/c1-3-8-17(9-4-1)15-25-20(21-12-7-13-27-21)14-19(18-10-5-2-6-11-18)26-22(25)23-16-24-26/h1-13,16,19-20H,14-15H2. The molecule has 2 unspecified atom stereocenters. The molecule has 0 bridgehead atoms. The summed E-state index contributed by atoms with van der Waals surface area (Å²) in [5, 5.41) is 6.75. The highest BCUT2D eigenvalue weighted by molar-refractivity contribution is 7.10. The molecule has 0 saturated carbocycles. The number of fused-ring (bicyclic) bond motifs is 1. The Balaban J connectivity index is 1.59. The third kappa shape index (κ3) is 3.04. The fourth-order valence-electron chi connectivity index (χ4n) is 3.91. The van der Waals surface area contributed by atoms with Crippen LogP contribution in [0.5, 0.6) is 0 Å². The topological polar surface area (TPSA) is 34.0 Å². The molecule has 5 rings (SSSR count). The number of aromatic nitrogens is 3. The van der Waals surface area contributed by atoms with Crippen molar-refractivity contribution in [3.8, 4) is 0 Å². The lowest BCUT2D eigenvalue weighted by Gasteiger charge is -2.40. The number of hydrogen-bond donors (Lipinski definition) is 0. The third-order valence-electron chi connectivity index (χ3n) is 5.18. The van der Waals surface area contributed by atoms with Gasteiger partial charge in [-0.2, -0.15) is 10.1 Å². The van der Waals surface area contributed by atoms with Crippen molar-refractivity contribution in [1.82, 2.24) is 14.8 Å². The van der Waals surface area contributed by atoms with Crippen LogP contribution in [0.3, 0.4) is 0 Å². The first-order valence-electron chi connectivity index (χ1n) is 9.18. The number of thiophene rings is 1. The fraction of sp³-hybridized carbons (Fsp3) is 0.182. The molecule has 0 N–H and O–H groups in total. The van der Waals surface area contributed by atoms with E-state index in [9.17, 15) is 0 Å². The Morgan fingerprint density at radius 2 is 1.67 bits per heavy atom. The first-order valence-corrected chi connectivity index (χ1v) is 10.1. The smallest absolute Gasteiger partial charge is 0.225 e. The third-order valence-corrected chi connectivity index (χ3v) is 6.15. The molecule has 1 aliphatic heterocycles. The molecule has 1 aliphatic rings. The molecule has 0 amide bonds. The van der Waals surface area contributed by atoms with Crippen LogP contribution in [0, 0.1) is 0 Å². The minimum Gasteiger partial charge on any atom is -0.329 e. The van der Waals surface area contributed by atoms with E-state index in [1.165, 1.54) is 16.0 Å². The Labute approximate surface area is 162 Å². The van der Waals surface area contributed by atoms with E-state index in [-0.39, 0.29) is 12.1 Å². The van der Waals surface area contributed by atoms with E-state index in [4.69, 9.17) is 0 Å². The molecule has 0 spiro atoms. The Morgan fingerprint density at radius 1 is 0.889 bits per heavy atom. The minimum absolute atomic E-state index is 0.197. The van der Waals surface area contributed by atoms with Gasteiger partial charge in [0.25, 0.3) is 0 Å². The molecule has 5 heteroatoms. The van der Waals surface area contributed by atoms with Gasteiger partial charge in [0, 0.05) is 11.4 Å². The maximum absolute atomic E-state index is 4.65. The van der Waals surface area contributed by atoms with Crippen molar-refractivity contribution >= 4 is 17.3 Å². The van der Waals surface area contributed by atoms with Crippen LogP contribution in [0.1, 0.15) is 34.5 Å². The lowest BCUT2D eigenvalue weighted by molar-refractivity contribution is 0.383. The van der Waals surface area contributed by atoms with Crippen molar-refractivity contribution in [3.05, 3.63) is 101 Å². The summed E-state index contributed by atoms with van der Waals surface area (Å²) in [6.45, 7) is 0.823. The van der Waals surface area contributed by atoms with E-state index in [1.807, 2.05) is 11.3 Å². The summed E-state index contributed by atoms with van der Waals surface area (Å²) in [5.41, 5.74) is 2.57. The quantitative estimate of drug-likeness (QED) is 0.501. The van der Waals surface area contributed by atoms with Crippen molar-refractivity contribution in [2.24, 2.45) is 0 Å². The van der Waals surface area contributed by atoms with Crippen molar-refractivity contribution in [1.29, 1.82) is 0 Å². The molecule has 4 aromatic rings. The molecule has 134 valence electrons. The predicted molar refractivity (Wildman–Crippen MR) is 109 cm³/mol. The highest BCUT2D eigenvalue weighted by Gasteiger charge is 2.36. The average Bonchev–Trinajstić information content (AvgIpc) is 3.42. The lowest BCUT2D eigenvalue weighted by Crippen LogP contribution is -2.38. The minimum atomic E-state index is 0.197. The molecule has 0 aliphatic carbocycles. The van der Waals surface area contributed by atoms with Gasteiger partial charge in [-0.1, -0.05) is 66.7 Å². The summed E-state index contributed by atoms with van der Waals surface area (Å²) < 4.78 is 2.09. The van der Waals surface area contributed by atoms with Crippen molar-refractivity contribution < 1.29 is 0 Å². The van der Waals surface area contributed by atoms with E-state index in [1.54, 1.807) is 6.33 Å². The second-order valence-corrected chi connectivity index (χ2v) is 7.79. The first kappa shape index (κ1) is 16.3. The molecule has 0 radical (unpaired) electrons. The molecule has 0 fully saturated rings. The van der Waals surface area contributed by atoms with Gasteiger partial charge >= 0.3 is 0 Å². The van der Waals surface area contributed by atoms with E-state index >= 15 is 0 Å². The normalized spacial score (nSPS) is 19.0. The summed E-state index contributed by atoms with van der Waals surface area (Å²) in [4.78, 5) is 8.43. The fourth-order valence-corrected chi connectivity index (χ4v) is 4.76. The molecule has 2 atom stereocenters. The van der Waals surface area contributed by atoms with Gasteiger partial charge < -0.3 is 4.90 Å². The second kappa shape index (κ2) is 7.00. The van der Waals surface area contributed by atoms with E-state index in [0.29, 0.717) is 0 Å². The molecule has 2 aromatic heterocycles. The summed E-state index contributed by atoms with van der Waals surface area (Å²) in [5.74, 6) is 0.942. The predicted octanol–water partition coefficient (Wildman–Crippen LogP) is 5.08. The van der Waals surface area contributed by atoms with Crippen LogP contribution >= 0.6 is 11.3 Å². The SMILES string of the molecule is c1ccc(CN2c3ncnn3C(c3ccccc3)CC2c2cccs2)cc1. The van der Waals surface area contributed by atoms with E-state index in [2.05, 4.69) is 97.8 Å². The molecular formula is C22H20N4S. The van der Waals surface area contributed by atoms with E-state index in [0.717, 1.165) is 18.9 Å². The molecule has 0 saturated heterocycles. The van der Waals surface area contributed by atoms with Gasteiger partial charge in [-0.25, -0.2) is 4.68 Å². The van der Waals surface area contributed by atoms with Gasteiger partial charge in [0.2, 0.25) is 5.95 Å². The van der Waals surface area contributed by atoms with Crippen LogP contribution in [0.15, 0.2) is 84.5 Å². The van der Waals surface area contributed by atoms with Crippen LogP contribution in [0.4, 0.5) is 5.95 Å². The highest BCUT2D eigenvalue weighted by atomic mass is 32.1. The summed E-state index contributed by atoms with van der Waals surface area (Å²) in [7, 11) is 0. The number of hydrogen-bond acceptors (Lipinski definition) is 4. The van der Waals surface area contributed by atoms with Crippen LogP contribution < -0.4 is 4.90 Å². The Kier molecular flexibility index (Phi) is 4.22. The van der Waals surface area contributed by atoms with Gasteiger partial charge in [0.15, 0.2) is 0 Å². The lowest BCUT2D eigenvalue weighted by atomic mass is 9.95. The zero-order valence-electron chi connectivity index (χ0n) is 14.8. The van der Waals surface area contributed by atoms with Gasteiger partial charge in [-0.3, -0.25) is 0 Å². The Bertz CT molecular complexity index is 995. The Hall–Kier alpha value is -2.92. The summed E-state index contributed by atoms with van der Waals surface area (Å²) in [6, 6.07) is 26.1. The van der Waals surface area contributed by atoms with Crippen LogP contribution in [0.25, 0.3) is 0 Å². The van der Waals surface area contributed by atoms with Crippen LogP contribution in [-0.2, 0) is 6.54 Å². The first-order chi connectivity index (χ1) is 13.4. The van der Waals surface area contributed by atoms with Crippen molar-refractivity contribution in [2.75, 3.05) is 4.90 Å². The molecule has 2 aromatic carbocycles. The molecular weight excluding hydrogens is 352 g/mol. The van der Waals surface area contributed by atoms with Gasteiger partial charge in [0.1, 0.15) is 6.33 Å². The maximum Gasteiger partial charge on any atom is 0.225 e.